The first kappa shape index (κ1) is 19.3. The molecule has 3 N–H and O–H groups in total. The minimum Gasteiger partial charge on any atom is -0.339 e. The molecule has 2 aromatic heterocycles. The molecule has 3 amide bonds. The third-order valence-corrected chi connectivity index (χ3v) is 3.91. The minimum atomic E-state index is -0.824. The number of carbonyl (C=O) groups is 3. The summed E-state index contributed by atoms with van der Waals surface area (Å²) in [6.45, 7) is 0. The largest absolute Gasteiger partial charge is 0.339 e. The number of rotatable bonds is 7. The van der Waals surface area contributed by atoms with E-state index < -0.39 is 23.8 Å². The maximum absolute atomic E-state index is 12.4. The van der Waals surface area contributed by atoms with E-state index in [1.165, 1.54) is 54.9 Å². The Morgan fingerprint density at radius 1 is 1.04 bits per heavy atom. The average molecular weight is 374 g/mol. The molecule has 0 spiro atoms. The van der Waals surface area contributed by atoms with Gasteiger partial charge in [-0.05, 0) is 30.6 Å². The predicted octanol–water partition coefficient (Wildman–Crippen LogP) is 0.184. The van der Waals surface area contributed by atoms with E-state index in [1.54, 1.807) is 0 Å². The molecule has 0 aliphatic carbocycles. The lowest BCUT2D eigenvalue weighted by Crippen LogP contribution is -2.52. The molecule has 2 rings (SSSR count). The lowest BCUT2D eigenvalue weighted by molar-refractivity contribution is -0.123. The summed E-state index contributed by atoms with van der Waals surface area (Å²) in [4.78, 5) is 48.0. The van der Waals surface area contributed by atoms with Crippen LogP contribution in [0.5, 0.6) is 0 Å². The van der Waals surface area contributed by atoms with Crippen molar-refractivity contribution in [2.75, 3.05) is 12.0 Å². The van der Waals surface area contributed by atoms with Crippen LogP contribution >= 0.6 is 11.8 Å². The Bertz CT molecular complexity index is 744. The molecule has 1 atom stereocenters. The van der Waals surface area contributed by atoms with Crippen LogP contribution in [-0.2, 0) is 4.79 Å². The van der Waals surface area contributed by atoms with Gasteiger partial charge in [-0.25, -0.2) is 4.98 Å². The molecule has 0 unspecified atom stereocenters. The van der Waals surface area contributed by atoms with Crippen molar-refractivity contribution in [1.82, 2.24) is 31.1 Å². The molecule has 0 aliphatic heterocycles. The van der Waals surface area contributed by atoms with Gasteiger partial charge in [-0.1, -0.05) is 0 Å². The summed E-state index contributed by atoms with van der Waals surface area (Å²) in [5, 5.41) is 2.60. The highest BCUT2D eigenvalue weighted by atomic mass is 32.2. The molecule has 26 heavy (non-hydrogen) atoms. The lowest BCUT2D eigenvalue weighted by atomic mass is 10.2. The second-order valence-electron chi connectivity index (χ2n) is 5.08. The Morgan fingerprint density at radius 3 is 2.46 bits per heavy atom. The number of hydrazine groups is 1. The van der Waals surface area contributed by atoms with Crippen LogP contribution in [0.25, 0.3) is 0 Å². The number of amides is 3. The molecule has 0 saturated heterocycles. The number of carbonyl (C=O) groups excluding carboxylic acids is 3. The van der Waals surface area contributed by atoms with Gasteiger partial charge in [0.05, 0.1) is 6.20 Å². The molecule has 0 bridgehead atoms. The maximum Gasteiger partial charge on any atom is 0.272 e. The molecule has 0 fully saturated rings. The summed E-state index contributed by atoms with van der Waals surface area (Å²) in [6.07, 6.45) is 9.38. The minimum absolute atomic E-state index is 0.107. The van der Waals surface area contributed by atoms with E-state index >= 15 is 0 Å². The average Bonchev–Trinajstić information content (AvgIpc) is 2.70. The van der Waals surface area contributed by atoms with E-state index in [2.05, 4.69) is 31.1 Å². The van der Waals surface area contributed by atoms with Gasteiger partial charge < -0.3 is 5.32 Å². The third-order valence-electron chi connectivity index (χ3n) is 3.27. The van der Waals surface area contributed by atoms with Gasteiger partial charge in [-0.2, -0.15) is 11.8 Å². The lowest BCUT2D eigenvalue weighted by Gasteiger charge is -2.18. The first-order valence-electron chi connectivity index (χ1n) is 7.68. The van der Waals surface area contributed by atoms with E-state index in [-0.39, 0.29) is 5.69 Å². The Balaban J connectivity index is 1.95. The van der Waals surface area contributed by atoms with Gasteiger partial charge in [0.15, 0.2) is 0 Å². The monoisotopic (exact) mass is 374 g/mol. The van der Waals surface area contributed by atoms with Crippen LogP contribution in [0.15, 0.2) is 43.1 Å². The highest BCUT2D eigenvalue weighted by Crippen LogP contribution is 2.03. The van der Waals surface area contributed by atoms with Gasteiger partial charge in [0.25, 0.3) is 17.7 Å². The SMILES string of the molecule is CSCC[C@H](NC(=O)c1cnccn1)C(=O)NNC(=O)c1ccncc1. The number of hydrogen-bond donors (Lipinski definition) is 3. The fourth-order valence-corrected chi connectivity index (χ4v) is 2.41. The highest BCUT2D eigenvalue weighted by Gasteiger charge is 2.22. The number of aromatic nitrogens is 3. The van der Waals surface area contributed by atoms with E-state index in [4.69, 9.17) is 0 Å². The number of nitrogens with one attached hydrogen (secondary N) is 3. The van der Waals surface area contributed by atoms with Crippen molar-refractivity contribution in [3.05, 3.63) is 54.4 Å². The highest BCUT2D eigenvalue weighted by molar-refractivity contribution is 7.98. The molecule has 2 aromatic rings. The summed E-state index contributed by atoms with van der Waals surface area (Å²) in [6, 6.07) is 2.21. The third kappa shape index (κ3) is 5.81. The van der Waals surface area contributed by atoms with E-state index in [1.807, 2.05) is 6.26 Å². The van der Waals surface area contributed by atoms with E-state index in [0.717, 1.165) is 0 Å². The standard InChI is InChI=1S/C16H18N6O3S/c1-26-9-4-12(20-15(24)13-10-18-7-8-19-13)16(25)22-21-14(23)11-2-5-17-6-3-11/h2-3,5-8,10,12H,4,9H2,1H3,(H,20,24)(H,21,23)(H,22,25)/t12-/m0/s1. The normalized spacial score (nSPS) is 11.3. The number of nitrogens with zero attached hydrogens (tertiary/aromatic N) is 3. The van der Waals surface area contributed by atoms with Crippen LogP contribution in [0, 0.1) is 0 Å². The van der Waals surface area contributed by atoms with Gasteiger partial charge in [0, 0.05) is 30.4 Å². The molecular formula is C16H18N6O3S. The number of thioether (sulfide) groups is 1. The molecule has 9 nitrogen and oxygen atoms in total. The molecule has 0 aliphatic rings. The molecule has 0 aromatic carbocycles. The Labute approximate surface area is 154 Å². The fraction of sp³-hybridized carbons (Fsp3) is 0.250. The van der Waals surface area contributed by atoms with Crippen LogP contribution in [0.1, 0.15) is 27.3 Å². The first-order valence-corrected chi connectivity index (χ1v) is 9.07. The van der Waals surface area contributed by atoms with Gasteiger partial charge in [0.1, 0.15) is 11.7 Å². The molecule has 0 saturated carbocycles. The summed E-state index contributed by atoms with van der Waals surface area (Å²) in [7, 11) is 0. The zero-order valence-corrected chi connectivity index (χ0v) is 14.8. The Hall–Kier alpha value is -3.01. The first-order chi connectivity index (χ1) is 12.6. The maximum atomic E-state index is 12.4. The summed E-state index contributed by atoms with van der Waals surface area (Å²) >= 11 is 1.54. The Kier molecular flexibility index (Phi) is 7.49. The second-order valence-corrected chi connectivity index (χ2v) is 6.06. The topological polar surface area (TPSA) is 126 Å². The summed E-state index contributed by atoms with van der Waals surface area (Å²) in [5.74, 6) is -0.875. The zero-order chi connectivity index (χ0) is 18.8. The fourth-order valence-electron chi connectivity index (χ4n) is 1.93. The van der Waals surface area contributed by atoms with Crippen molar-refractivity contribution < 1.29 is 14.4 Å². The molecule has 10 heteroatoms. The molecule has 136 valence electrons. The predicted molar refractivity (Wildman–Crippen MR) is 96.1 cm³/mol. The van der Waals surface area contributed by atoms with Crippen molar-refractivity contribution in [3.8, 4) is 0 Å². The van der Waals surface area contributed by atoms with E-state index in [9.17, 15) is 14.4 Å². The van der Waals surface area contributed by atoms with Crippen molar-refractivity contribution in [2.24, 2.45) is 0 Å². The zero-order valence-electron chi connectivity index (χ0n) is 14.0. The molecule has 2 heterocycles. The van der Waals surface area contributed by atoms with Gasteiger partial charge in [0.2, 0.25) is 0 Å². The van der Waals surface area contributed by atoms with Gasteiger partial charge in [-0.15, -0.1) is 0 Å². The van der Waals surface area contributed by atoms with Crippen LogP contribution < -0.4 is 16.2 Å². The number of hydrogen-bond acceptors (Lipinski definition) is 7. The number of pyridine rings is 1. The summed E-state index contributed by atoms with van der Waals surface area (Å²) < 4.78 is 0. The van der Waals surface area contributed by atoms with Crippen molar-refractivity contribution in [1.29, 1.82) is 0 Å². The van der Waals surface area contributed by atoms with Crippen LogP contribution in [0.2, 0.25) is 0 Å². The van der Waals surface area contributed by atoms with Crippen molar-refractivity contribution in [3.63, 3.8) is 0 Å². The van der Waals surface area contributed by atoms with Crippen LogP contribution in [-0.4, -0.2) is 50.7 Å². The molecule has 0 radical (unpaired) electrons. The van der Waals surface area contributed by atoms with Gasteiger partial charge in [-0.3, -0.25) is 35.2 Å². The van der Waals surface area contributed by atoms with E-state index in [0.29, 0.717) is 17.7 Å². The summed E-state index contributed by atoms with van der Waals surface area (Å²) in [5.41, 5.74) is 5.10. The van der Waals surface area contributed by atoms with Crippen molar-refractivity contribution >= 4 is 29.5 Å². The smallest absolute Gasteiger partial charge is 0.272 e. The Morgan fingerprint density at radius 2 is 1.81 bits per heavy atom. The van der Waals surface area contributed by atoms with Crippen molar-refractivity contribution in [2.45, 2.75) is 12.5 Å². The second kappa shape index (κ2) is 10.1. The molecular weight excluding hydrogens is 356 g/mol. The van der Waals surface area contributed by atoms with Gasteiger partial charge >= 0.3 is 0 Å². The van der Waals surface area contributed by atoms with Crippen LogP contribution in [0.3, 0.4) is 0 Å². The quantitative estimate of drug-likeness (QED) is 0.590. The van der Waals surface area contributed by atoms with Crippen LogP contribution in [0.4, 0.5) is 0 Å².